The molecule has 0 radical (unpaired) electrons. The lowest BCUT2D eigenvalue weighted by atomic mass is 10.1. The number of nitro benzene ring substituents is 1. The molecule has 0 aliphatic heterocycles. The topological polar surface area (TPSA) is 129 Å². The Bertz CT molecular complexity index is 1140. The van der Waals surface area contributed by atoms with E-state index in [0.29, 0.717) is 10.1 Å². The molecule has 0 aliphatic carbocycles. The summed E-state index contributed by atoms with van der Waals surface area (Å²) in [5.74, 6) is -1.26. The molecule has 3 rings (SSSR count). The molecule has 3 aromatic rings. The van der Waals surface area contributed by atoms with Crippen molar-refractivity contribution < 1.29 is 19.2 Å². The fourth-order valence-electron chi connectivity index (χ4n) is 2.97. The third-order valence-electron chi connectivity index (χ3n) is 4.71. The summed E-state index contributed by atoms with van der Waals surface area (Å²) >= 11 is 1.06. The zero-order valence-electron chi connectivity index (χ0n) is 18.1. The lowest BCUT2D eigenvalue weighted by Crippen LogP contribution is -2.36. The van der Waals surface area contributed by atoms with Gasteiger partial charge in [-0.15, -0.1) is 10.2 Å². The lowest BCUT2D eigenvalue weighted by molar-refractivity contribution is -0.387. The molecule has 33 heavy (non-hydrogen) atoms. The van der Waals surface area contributed by atoms with Gasteiger partial charge < -0.3 is 14.6 Å². The molecule has 11 heteroatoms. The molecule has 1 aromatic heterocycles. The number of nitro groups is 1. The number of rotatable bonds is 10. The smallest absolute Gasteiger partial charge is 0.338 e. The highest BCUT2D eigenvalue weighted by molar-refractivity contribution is 7.99. The molecule has 1 heterocycles. The summed E-state index contributed by atoms with van der Waals surface area (Å²) in [5, 5.41) is 22.4. The van der Waals surface area contributed by atoms with Crippen molar-refractivity contribution in [3.63, 3.8) is 0 Å². The van der Waals surface area contributed by atoms with E-state index in [4.69, 9.17) is 4.74 Å². The number of esters is 1. The molecule has 2 aromatic carbocycles. The monoisotopic (exact) mass is 469 g/mol. The molecule has 0 fully saturated rings. The van der Waals surface area contributed by atoms with Gasteiger partial charge in [0.1, 0.15) is 6.33 Å². The van der Waals surface area contributed by atoms with Crippen LogP contribution in [-0.4, -0.2) is 44.2 Å². The number of aromatic nitrogens is 3. The van der Waals surface area contributed by atoms with Gasteiger partial charge in [0.2, 0.25) is 0 Å². The fraction of sp³-hybridized carbons (Fsp3) is 0.273. The van der Waals surface area contributed by atoms with Crippen molar-refractivity contribution in [2.45, 2.75) is 35.9 Å². The Kier molecular flexibility index (Phi) is 8.14. The molecule has 0 aliphatic rings. The molecule has 1 N–H and O–H groups in total. The van der Waals surface area contributed by atoms with Crippen molar-refractivity contribution in [2.75, 3.05) is 6.61 Å². The van der Waals surface area contributed by atoms with Gasteiger partial charge in [-0.3, -0.25) is 14.9 Å². The number of hydrogen-bond acceptors (Lipinski definition) is 8. The zero-order valence-corrected chi connectivity index (χ0v) is 18.9. The summed E-state index contributed by atoms with van der Waals surface area (Å²) < 4.78 is 6.67. The van der Waals surface area contributed by atoms with Crippen LogP contribution in [0.1, 0.15) is 29.3 Å². The highest BCUT2D eigenvalue weighted by atomic mass is 32.2. The van der Waals surface area contributed by atoms with E-state index in [0.717, 1.165) is 30.7 Å². The number of aryl methyl sites for hydroxylation is 2. The predicted octanol–water partition coefficient (Wildman–Crippen LogP) is 3.17. The van der Waals surface area contributed by atoms with Crippen LogP contribution in [0.4, 0.5) is 5.69 Å². The summed E-state index contributed by atoms with van der Waals surface area (Å²) in [4.78, 5) is 35.7. The number of nitrogens with zero attached hydrogens (tertiary/aromatic N) is 4. The molecule has 0 spiro atoms. The van der Waals surface area contributed by atoms with E-state index < -0.39 is 23.4 Å². The first-order valence-electron chi connectivity index (χ1n) is 10.1. The minimum absolute atomic E-state index is 0.0195. The molecule has 1 amide bonds. The molecule has 0 bridgehead atoms. The van der Waals surface area contributed by atoms with Crippen LogP contribution in [0.5, 0.6) is 0 Å². The van der Waals surface area contributed by atoms with Crippen LogP contribution in [0.25, 0.3) is 0 Å². The van der Waals surface area contributed by atoms with E-state index >= 15 is 0 Å². The average Bonchev–Trinajstić information content (AvgIpc) is 3.21. The highest BCUT2D eigenvalue weighted by Crippen LogP contribution is 2.34. The van der Waals surface area contributed by atoms with Crippen molar-refractivity contribution in [3.05, 3.63) is 76.1 Å². The first-order valence-corrected chi connectivity index (χ1v) is 11.0. The maximum Gasteiger partial charge on any atom is 0.338 e. The number of hydrogen-bond donors (Lipinski definition) is 1. The van der Waals surface area contributed by atoms with Crippen LogP contribution in [0.15, 0.2) is 64.9 Å². The summed E-state index contributed by atoms with van der Waals surface area (Å²) in [6.45, 7) is 1.40. The van der Waals surface area contributed by atoms with Crippen LogP contribution in [0, 0.1) is 10.1 Å². The molecular weight excluding hydrogens is 446 g/mol. The Labute approximate surface area is 194 Å². The molecule has 1 atom stereocenters. The van der Waals surface area contributed by atoms with Gasteiger partial charge in [-0.25, -0.2) is 4.79 Å². The van der Waals surface area contributed by atoms with E-state index in [1.54, 1.807) is 11.6 Å². The predicted molar refractivity (Wildman–Crippen MR) is 121 cm³/mol. The van der Waals surface area contributed by atoms with Crippen molar-refractivity contribution in [2.24, 2.45) is 7.05 Å². The first kappa shape index (κ1) is 23.9. The standard InChI is InChI=1S/C22H23N5O5S/c1-15(8-9-16-6-4-3-5-7-16)24-20(28)13-32-21(29)17-10-11-19(18(12-17)27(30)31)33-22-25-23-14-26(22)2/h3-7,10-12,14-15H,8-9,13H2,1-2H3,(H,24,28)/t15-/m1/s1. The van der Waals surface area contributed by atoms with Crippen LogP contribution in [-0.2, 0) is 23.0 Å². The van der Waals surface area contributed by atoms with Gasteiger partial charge in [0.15, 0.2) is 11.8 Å². The van der Waals surface area contributed by atoms with Crippen molar-refractivity contribution in [1.82, 2.24) is 20.1 Å². The summed E-state index contributed by atoms with van der Waals surface area (Å²) in [7, 11) is 1.72. The fourth-order valence-corrected chi connectivity index (χ4v) is 3.82. The number of amides is 1. The Morgan fingerprint density at radius 3 is 2.67 bits per heavy atom. The second-order valence-corrected chi connectivity index (χ2v) is 8.34. The van der Waals surface area contributed by atoms with Crippen LogP contribution in [0.3, 0.4) is 0 Å². The number of carbonyl (C=O) groups excluding carboxylic acids is 2. The van der Waals surface area contributed by atoms with Gasteiger partial charge in [0.25, 0.3) is 11.6 Å². The van der Waals surface area contributed by atoms with E-state index in [-0.39, 0.29) is 17.3 Å². The maximum absolute atomic E-state index is 12.3. The Morgan fingerprint density at radius 1 is 1.24 bits per heavy atom. The Morgan fingerprint density at radius 2 is 2.00 bits per heavy atom. The summed E-state index contributed by atoms with van der Waals surface area (Å²) in [5.41, 5.74) is 0.887. The number of nitrogens with one attached hydrogen (secondary N) is 1. The lowest BCUT2D eigenvalue weighted by Gasteiger charge is -2.14. The van der Waals surface area contributed by atoms with Gasteiger partial charge in [-0.1, -0.05) is 30.3 Å². The average molecular weight is 470 g/mol. The molecular formula is C22H23N5O5S. The highest BCUT2D eigenvalue weighted by Gasteiger charge is 2.21. The molecule has 0 unspecified atom stereocenters. The van der Waals surface area contributed by atoms with Gasteiger partial charge in [0, 0.05) is 19.2 Å². The third-order valence-corrected chi connectivity index (χ3v) is 5.83. The van der Waals surface area contributed by atoms with Crippen molar-refractivity contribution in [3.8, 4) is 0 Å². The van der Waals surface area contributed by atoms with Crippen LogP contribution in [0.2, 0.25) is 0 Å². The van der Waals surface area contributed by atoms with E-state index in [9.17, 15) is 19.7 Å². The van der Waals surface area contributed by atoms with Crippen LogP contribution >= 0.6 is 11.8 Å². The van der Waals surface area contributed by atoms with Crippen molar-refractivity contribution in [1.29, 1.82) is 0 Å². The number of benzene rings is 2. The van der Waals surface area contributed by atoms with Gasteiger partial charge in [-0.05, 0) is 49.2 Å². The summed E-state index contributed by atoms with van der Waals surface area (Å²) in [6, 6.07) is 13.8. The number of carbonyl (C=O) groups is 2. The minimum atomic E-state index is -0.819. The second-order valence-electron chi connectivity index (χ2n) is 7.34. The molecule has 0 saturated heterocycles. The van der Waals surface area contributed by atoms with E-state index in [1.807, 2.05) is 37.3 Å². The molecule has 10 nitrogen and oxygen atoms in total. The Hall–Kier alpha value is -3.73. The van der Waals surface area contributed by atoms with E-state index in [2.05, 4.69) is 15.5 Å². The minimum Gasteiger partial charge on any atom is -0.452 e. The molecule has 172 valence electrons. The van der Waals surface area contributed by atoms with Crippen LogP contribution < -0.4 is 5.32 Å². The molecule has 0 saturated carbocycles. The van der Waals surface area contributed by atoms with E-state index in [1.165, 1.54) is 24.0 Å². The number of ether oxygens (including phenoxy) is 1. The largest absolute Gasteiger partial charge is 0.452 e. The zero-order chi connectivity index (χ0) is 23.8. The van der Waals surface area contributed by atoms with Crippen molar-refractivity contribution >= 4 is 29.3 Å². The SMILES string of the molecule is C[C@H](CCc1ccccc1)NC(=O)COC(=O)c1ccc(Sc2nncn2C)c([N+](=O)[O-])c1. The third kappa shape index (κ3) is 6.88. The summed E-state index contributed by atoms with van der Waals surface area (Å²) in [6.07, 6.45) is 3.03. The second kappa shape index (κ2) is 11.2. The quantitative estimate of drug-likeness (QED) is 0.272. The first-order chi connectivity index (χ1) is 15.8. The van der Waals surface area contributed by atoms with Gasteiger partial charge in [0.05, 0.1) is 15.4 Å². The van der Waals surface area contributed by atoms with Gasteiger partial charge in [-0.2, -0.15) is 0 Å². The normalized spacial score (nSPS) is 11.6. The van der Waals surface area contributed by atoms with Gasteiger partial charge >= 0.3 is 5.97 Å². The Balaban J connectivity index is 1.53. The maximum atomic E-state index is 12.3.